The zero-order chi connectivity index (χ0) is 24.2. The molecule has 8 heteroatoms. The second-order valence-corrected chi connectivity index (χ2v) is 9.34. The summed E-state index contributed by atoms with van der Waals surface area (Å²) in [5, 5.41) is 3.35. The number of thiocarbonyl (C=S) groups is 1. The third-order valence-corrected chi connectivity index (χ3v) is 6.81. The minimum absolute atomic E-state index is 0.00830. The average molecular weight is 481 g/mol. The van der Waals surface area contributed by atoms with Crippen LogP contribution in [-0.4, -0.2) is 61.2 Å². The molecule has 4 rings (SSSR count). The first-order chi connectivity index (χ1) is 16.4. The highest BCUT2D eigenvalue weighted by Crippen LogP contribution is 2.30. The van der Waals surface area contributed by atoms with Crippen LogP contribution < -0.4 is 15.1 Å². The van der Waals surface area contributed by atoms with Gasteiger partial charge in [-0.2, -0.15) is 0 Å². The zero-order valence-electron chi connectivity index (χ0n) is 20.0. The number of aryl methyl sites for hydroxylation is 1. The second-order valence-electron chi connectivity index (χ2n) is 8.97. The van der Waals surface area contributed by atoms with E-state index < -0.39 is 6.04 Å². The fraction of sp³-hybridized carbons (Fsp3) is 0.423. The highest BCUT2D eigenvalue weighted by molar-refractivity contribution is 7.80. The molecule has 0 saturated carbocycles. The van der Waals surface area contributed by atoms with E-state index in [1.807, 2.05) is 72.4 Å². The summed E-state index contributed by atoms with van der Waals surface area (Å²) in [6.07, 6.45) is 2.88. The quantitative estimate of drug-likeness (QED) is 0.580. The Morgan fingerprint density at radius 3 is 2.44 bits per heavy atom. The number of ether oxygens (including phenoxy) is 1. The van der Waals surface area contributed by atoms with Crippen molar-refractivity contribution in [3.05, 3.63) is 54.1 Å². The molecule has 2 amide bonds. The van der Waals surface area contributed by atoms with Crippen LogP contribution in [0.15, 0.2) is 48.5 Å². The first-order valence-corrected chi connectivity index (χ1v) is 12.2. The van der Waals surface area contributed by atoms with Crippen LogP contribution in [0.3, 0.4) is 0 Å². The predicted octanol–water partition coefficient (Wildman–Crippen LogP) is 3.82. The maximum absolute atomic E-state index is 13.6. The van der Waals surface area contributed by atoms with E-state index in [0.29, 0.717) is 24.0 Å². The topological polar surface area (TPSA) is 65.1 Å². The van der Waals surface area contributed by atoms with Gasteiger partial charge < -0.3 is 19.9 Å². The lowest BCUT2D eigenvalue weighted by Crippen LogP contribution is -2.42. The van der Waals surface area contributed by atoms with E-state index in [1.165, 1.54) is 5.56 Å². The Kier molecular flexibility index (Phi) is 7.48. The number of benzene rings is 2. The van der Waals surface area contributed by atoms with Gasteiger partial charge >= 0.3 is 0 Å². The van der Waals surface area contributed by atoms with E-state index in [9.17, 15) is 9.59 Å². The molecule has 2 aliphatic heterocycles. The van der Waals surface area contributed by atoms with Crippen molar-refractivity contribution in [3.63, 3.8) is 0 Å². The van der Waals surface area contributed by atoms with E-state index in [4.69, 9.17) is 17.0 Å². The normalized spacial score (nSPS) is 20.2. The van der Waals surface area contributed by atoms with Crippen LogP contribution in [0.25, 0.3) is 0 Å². The lowest BCUT2D eigenvalue weighted by molar-refractivity contribution is -0.124. The molecular weight excluding hydrogens is 448 g/mol. The molecule has 0 unspecified atom stereocenters. The third-order valence-electron chi connectivity index (χ3n) is 6.39. The standard InChI is InChI=1S/C26H32N4O3S/c1-4-18-7-9-19(10-8-18)27-24(31)16-23-25(32)30(21-13-11-20(12-14-21)28(2)3)26(34)29(23)17-22-6-5-15-33-22/h7-14,22-23H,4-6,15-17H2,1-3H3,(H,27,31)/t22-,23-/m0/s1. The Labute approximate surface area is 206 Å². The second kappa shape index (κ2) is 10.5. The highest BCUT2D eigenvalue weighted by Gasteiger charge is 2.45. The number of rotatable bonds is 8. The molecule has 1 N–H and O–H groups in total. The number of carbonyl (C=O) groups is 2. The summed E-state index contributed by atoms with van der Waals surface area (Å²) in [6.45, 7) is 3.30. The smallest absolute Gasteiger partial charge is 0.256 e. The van der Waals surface area contributed by atoms with E-state index in [2.05, 4.69) is 12.2 Å². The summed E-state index contributed by atoms with van der Waals surface area (Å²) in [6, 6.07) is 14.8. The number of nitrogens with zero attached hydrogens (tertiary/aromatic N) is 3. The number of amides is 2. The molecule has 34 heavy (non-hydrogen) atoms. The fourth-order valence-electron chi connectivity index (χ4n) is 4.40. The molecule has 7 nitrogen and oxygen atoms in total. The van der Waals surface area contributed by atoms with Crippen molar-refractivity contribution in [2.45, 2.75) is 44.8 Å². The van der Waals surface area contributed by atoms with Crippen LogP contribution in [0.2, 0.25) is 0 Å². The van der Waals surface area contributed by atoms with Crippen LogP contribution >= 0.6 is 12.2 Å². The van der Waals surface area contributed by atoms with Crippen LogP contribution in [-0.2, 0) is 20.7 Å². The Bertz CT molecular complexity index is 1030. The molecule has 180 valence electrons. The Balaban J connectivity index is 1.53. The molecule has 2 aliphatic rings. The predicted molar refractivity (Wildman–Crippen MR) is 139 cm³/mol. The van der Waals surface area contributed by atoms with Crippen molar-refractivity contribution in [2.24, 2.45) is 0 Å². The summed E-state index contributed by atoms with van der Waals surface area (Å²) in [5.41, 5.74) is 3.66. The summed E-state index contributed by atoms with van der Waals surface area (Å²) < 4.78 is 5.82. The van der Waals surface area contributed by atoms with Gasteiger partial charge in [-0.15, -0.1) is 0 Å². The Morgan fingerprint density at radius 1 is 1.15 bits per heavy atom. The number of nitrogens with one attached hydrogen (secondary N) is 1. The maximum Gasteiger partial charge on any atom is 0.256 e. The van der Waals surface area contributed by atoms with Gasteiger partial charge in [-0.25, -0.2) is 0 Å². The third kappa shape index (κ3) is 5.23. The van der Waals surface area contributed by atoms with Gasteiger partial charge in [0.05, 0.1) is 18.2 Å². The van der Waals surface area contributed by atoms with Gasteiger partial charge in [-0.3, -0.25) is 14.5 Å². The largest absolute Gasteiger partial charge is 0.378 e. The monoisotopic (exact) mass is 480 g/mol. The van der Waals surface area contributed by atoms with Crippen molar-refractivity contribution in [1.82, 2.24) is 4.90 Å². The molecule has 2 atom stereocenters. The Morgan fingerprint density at radius 2 is 1.85 bits per heavy atom. The first kappa shape index (κ1) is 24.2. The maximum atomic E-state index is 13.6. The van der Waals surface area contributed by atoms with Crippen molar-refractivity contribution >= 4 is 46.2 Å². The van der Waals surface area contributed by atoms with Gasteiger partial charge in [0.15, 0.2) is 5.11 Å². The lowest BCUT2D eigenvalue weighted by Gasteiger charge is -2.26. The van der Waals surface area contributed by atoms with E-state index >= 15 is 0 Å². The van der Waals surface area contributed by atoms with Crippen molar-refractivity contribution in [3.8, 4) is 0 Å². The summed E-state index contributed by atoms with van der Waals surface area (Å²) in [7, 11) is 3.93. The van der Waals surface area contributed by atoms with Crippen LogP contribution in [0.5, 0.6) is 0 Å². The molecule has 0 bridgehead atoms. The Hall–Kier alpha value is -2.97. The minimum atomic E-state index is -0.667. The van der Waals surface area contributed by atoms with Crippen LogP contribution in [0, 0.1) is 0 Å². The van der Waals surface area contributed by atoms with E-state index in [1.54, 1.807) is 4.90 Å². The van der Waals surface area contributed by atoms with E-state index in [0.717, 1.165) is 30.6 Å². The van der Waals surface area contributed by atoms with Crippen LogP contribution in [0.1, 0.15) is 31.7 Å². The molecule has 2 fully saturated rings. The van der Waals surface area contributed by atoms with Crippen LogP contribution in [0.4, 0.5) is 17.1 Å². The van der Waals surface area contributed by atoms with Gasteiger partial charge in [-0.1, -0.05) is 19.1 Å². The SMILES string of the molecule is CCc1ccc(NC(=O)C[C@H]2C(=O)N(c3ccc(N(C)C)cc3)C(=S)N2C[C@@H]2CCCO2)cc1. The zero-order valence-corrected chi connectivity index (χ0v) is 20.8. The van der Waals surface area contributed by atoms with Gasteiger partial charge in [-0.05, 0) is 73.4 Å². The molecule has 0 aromatic heterocycles. The van der Waals surface area contributed by atoms with Crippen molar-refractivity contribution in [1.29, 1.82) is 0 Å². The van der Waals surface area contributed by atoms with Gasteiger partial charge in [0.1, 0.15) is 6.04 Å². The minimum Gasteiger partial charge on any atom is -0.378 e. The van der Waals surface area contributed by atoms with Crippen molar-refractivity contribution in [2.75, 3.05) is 42.4 Å². The number of anilines is 3. The highest BCUT2D eigenvalue weighted by atomic mass is 32.1. The molecule has 2 heterocycles. The fourth-order valence-corrected chi connectivity index (χ4v) is 4.80. The summed E-state index contributed by atoms with van der Waals surface area (Å²) >= 11 is 5.76. The molecular formula is C26H32N4O3S. The van der Waals surface area contributed by atoms with Gasteiger partial charge in [0, 0.05) is 38.6 Å². The number of carbonyl (C=O) groups excluding carboxylic acids is 2. The molecule has 2 saturated heterocycles. The number of hydrogen-bond acceptors (Lipinski definition) is 5. The molecule has 0 aliphatic carbocycles. The van der Waals surface area contributed by atoms with Gasteiger partial charge in [0.2, 0.25) is 5.91 Å². The summed E-state index contributed by atoms with van der Waals surface area (Å²) in [4.78, 5) is 31.9. The molecule has 2 aromatic rings. The first-order valence-electron chi connectivity index (χ1n) is 11.8. The molecule has 0 spiro atoms. The summed E-state index contributed by atoms with van der Waals surface area (Å²) in [5.74, 6) is -0.398. The van der Waals surface area contributed by atoms with Gasteiger partial charge in [0.25, 0.3) is 5.91 Å². The van der Waals surface area contributed by atoms with E-state index in [-0.39, 0.29) is 24.3 Å². The molecule has 0 radical (unpaired) electrons. The number of hydrogen-bond donors (Lipinski definition) is 1. The molecule has 2 aromatic carbocycles. The van der Waals surface area contributed by atoms with Crippen molar-refractivity contribution < 1.29 is 14.3 Å². The average Bonchev–Trinajstić information content (AvgIpc) is 3.42. The lowest BCUT2D eigenvalue weighted by atomic mass is 10.1.